The molecule has 2 unspecified atom stereocenters. The molecule has 1 aliphatic carbocycles. The summed E-state index contributed by atoms with van der Waals surface area (Å²) in [5.74, 6) is 0.769. The molecule has 1 aromatic carbocycles. The molecule has 0 saturated heterocycles. The van der Waals surface area contributed by atoms with Crippen LogP contribution in [-0.2, 0) is 11.2 Å². The van der Waals surface area contributed by atoms with Gasteiger partial charge < -0.3 is 10.1 Å². The minimum Gasteiger partial charge on any atom is -0.382 e. The van der Waals surface area contributed by atoms with Crippen LogP contribution in [0.3, 0.4) is 0 Å². The van der Waals surface area contributed by atoms with Crippen LogP contribution in [0.1, 0.15) is 43.2 Å². The van der Waals surface area contributed by atoms with Crippen molar-refractivity contribution in [3.05, 3.63) is 35.4 Å². The van der Waals surface area contributed by atoms with Crippen LogP contribution in [0, 0.1) is 0 Å². The first-order valence-electron chi connectivity index (χ1n) is 7.18. The van der Waals surface area contributed by atoms with Crippen LogP contribution in [0.25, 0.3) is 0 Å². The lowest BCUT2D eigenvalue weighted by molar-refractivity contribution is 0.140. The molecule has 1 N–H and O–H groups in total. The first kappa shape index (κ1) is 13.6. The van der Waals surface area contributed by atoms with E-state index in [1.54, 1.807) is 11.1 Å². The average molecular weight is 247 g/mol. The number of hydrogen-bond donors (Lipinski definition) is 1. The number of hydrogen-bond acceptors (Lipinski definition) is 2. The SMILES string of the molecule is CCOCCCC(CC1Cc2ccccc21)NC. The van der Waals surface area contributed by atoms with E-state index in [2.05, 4.69) is 43.6 Å². The van der Waals surface area contributed by atoms with Crippen LogP contribution in [0.4, 0.5) is 0 Å². The fourth-order valence-corrected chi connectivity index (χ4v) is 2.87. The maximum absolute atomic E-state index is 5.40. The van der Waals surface area contributed by atoms with Gasteiger partial charge in [0.05, 0.1) is 0 Å². The van der Waals surface area contributed by atoms with E-state index in [1.807, 2.05) is 0 Å². The molecule has 0 amide bonds. The third kappa shape index (κ3) is 3.33. The topological polar surface area (TPSA) is 21.3 Å². The van der Waals surface area contributed by atoms with Gasteiger partial charge in [0.15, 0.2) is 0 Å². The summed E-state index contributed by atoms with van der Waals surface area (Å²) in [5, 5.41) is 3.45. The van der Waals surface area contributed by atoms with Gasteiger partial charge in [0.2, 0.25) is 0 Å². The van der Waals surface area contributed by atoms with Crippen molar-refractivity contribution >= 4 is 0 Å². The highest BCUT2D eigenvalue weighted by molar-refractivity contribution is 5.39. The van der Waals surface area contributed by atoms with Crippen molar-refractivity contribution in [1.29, 1.82) is 0 Å². The van der Waals surface area contributed by atoms with E-state index in [9.17, 15) is 0 Å². The second-order valence-electron chi connectivity index (χ2n) is 5.16. The van der Waals surface area contributed by atoms with Gasteiger partial charge in [-0.2, -0.15) is 0 Å². The van der Waals surface area contributed by atoms with E-state index < -0.39 is 0 Å². The predicted octanol–water partition coefficient (Wildman–Crippen LogP) is 3.12. The van der Waals surface area contributed by atoms with Crippen molar-refractivity contribution in [3.63, 3.8) is 0 Å². The van der Waals surface area contributed by atoms with E-state index in [4.69, 9.17) is 4.74 Å². The zero-order valence-corrected chi connectivity index (χ0v) is 11.6. The van der Waals surface area contributed by atoms with Crippen LogP contribution in [0.15, 0.2) is 24.3 Å². The summed E-state index contributed by atoms with van der Waals surface area (Å²) in [5.41, 5.74) is 3.12. The second kappa shape index (κ2) is 6.91. The minimum absolute atomic E-state index is 0.629. The number of rotatable bonds is 8. The summed E-state index contributed by atoms with van der Waals surface area (Å²) < 4.78 is 5.40. The van der Waals surface area contributed by atoms with Crippen LogP contribution in [0.2, 0.25) is 0 Å². The first-order valence-corrected chi connectivity index (χ1v) is 7.18. The van der Waals surface area contributed by atoms with E-state index in [1.165, 1.54) is 19.3 Å². The Morgan fingerprint density at radius 1 is 1.39 bits per heavy atom. The standard InChI is InChI=1S/C16H25NO/c1-3-18-10-6-8-15(17-2)12-14-11-13-7-4-5-9-16(13)14/h4-5,7,9,14-15,17H,3,6,8,10-12H2,1-2H3. The Bertz CT molecular complexity index is 364. The largest absolute Gasteiger partial charge is 0.382 e. The maximum atomic E-state index is 5.40. The molecule has 100 valence electrons. The molecular formula is C16H25NO. The van der Waals surface area contributed by atoms with Gasteiger partial charge in [0.1, 0.15) is 0 Å². The lowest BCUT2D eigenvalue weighted by Crippen LogP contribution is -2.31. The molecule has 2 rings (SSSR count). The molecule has 18 heavy (non-hydrogen) atoms. The molecule has 0 spiro atoms. The van der Waals surface area contributed by atoms with Gasteiger partial charge in [-0.15, -0.1) is 0 Å². The van der Waals surface area contributed by atoms with Crippen LogP contribution >= 0.6 is 0 Å². The predicted molar refractivity (Wildman–Crippen MR) is 76.1 cm³/mol. The van der Waals surface area contributed by atoms with E-state index >= 15 is 0 Å². The Labute approximate surface area is 111 Å². The Balaban J connectivity index is 1.75. The maximum Gasteiger partial charge on any atom is 0.0466 e. The van der Waals surface area contributed by atoms with Gasteiger partial charge in [0, 0.05) is 19.3 Å². The smallest absolute Gasteiger partial charge is 0.0466 e. The number of ether oxygens (including phenoxy) is 1. The zero-order valence-electron chi connectivity index (χ0n) is 11.6. The third-order valence-corrected chi connectivity index (χ3v) is 3.98. The average Bonchev–Trinajstić information content (AvgIpc) is 2.38. The van der Waals surface area contributed by atoms with Gasteiger partial charge in [-0.3, -0.25) is 0 Å². The molecule has 1 aromatic rings. The number of nitrogens with one attached hydrogen (secondary N) is 1. The summed E-state index contributed by atoms with van der Waals surface area (Å²) in [6.07, 6.45) is 4.91. The molecule has 2 atom stereocenters. The molecule has 1 aliphatic rings. The fraction of sp³-hybridized carbons (Fsp3) is 0.625. The fourth-order valence-electron chi connectivity index (χ4n) is 2.87. The molecule has 0 fully saturated rings. The quantitative estimate of drug-likeness (QED) is 0.713. The summed E-state index contributed by atoms with van der Waals surface area (Å²) in [7, 11) is 2.08. The summed E-state index contributed by atoms with van der Waals surface area (Å²) in [6, 6.07) is 9.48. The molecule has 0 saturated carbocycles. The Morgan fingerprint density at radius 3 is 2.94 bits per heavy atom. The second-order valence-corrected chi connectivity index (χ2v) is 5.16. The number of benzene rings is 1. The van der Waals surface area contributed by atoms with E-state index in [-0.39, 0.29) is 0 Å². The van der Waals surface area contributed by atoms with Gasteiger partial charge in [0.25, 0.3) is 0 Å². The van der Waals surface area contributed by atoms with Crippen LogP contribution < -0.4 is 5.32 Å². The minimum atomic E-state index is 0.629. The first-order chi connectivity index (χ1) is 8.85. The van der Waals surface area contributed by atoms with Crippen molar-refractivity contribution in [2.24, 2.45) is 0 Å². The van der Waals surface area contributed by atoms with Crippen LogP contribution in [-0.4, -0.2) is 26.3 Å². The molecule has 0 aromatic heterocycles. The highest BCUT2D eigenvalue weighted by Crippen LogP contribution is 2.38. The zero-order chi connectivity index (χ0) is 12.8. The molecule has 0 aliphatic heterocycles. The number of fused-ring (bicyclic) bond motifs is 1. The molecule has 2 nitrogen and oxygen atoms in total. The third-order valence-electron chi connectivity index (χ3n) is 3.98. The van der Waals surface area contributed by atoms with Gasteiger partial charge >= 0.3 is 0 Å². The Morgan fingerprint density at radius 2 is 2.22 bits per heavy atom. The summed E-state index contributed by atoms with van der Waals surface area (Å²) >= 11 is 0. The molecule has 0 heterocycles. The van der Waals surface area contributed by atoms with Gasteiger partial charge in [-0.25, -0.2) is 0 Å². The lowest BCUT2D eigenvalue weighted by Gasteiger charge is -2.33. The summed E-state index contributed by atoms with van der Waals surface area (Å²) in [4.78, 5) is 0. The van der Waals surface area contributed by atoms with Crippen molar-refractivity contribution in [2.45, 2.75) is 44.6 Å². The molecule has 0 radical (unpaired) electrons. The molecular weight excluding hydrogens is 222 g/mol. The Hall–Kier alpha value is -0.860. The Kier molecular flexibility index (Phi) is 5.21. The van der Waals surface area contributed by atoms with E-state index in [0.29, 0.717) is 6.04 Å². The molecule has 0 bridgehead atoms. The molecule has 2 heteroatoms. The van der Waals surface area contributed by atoms with Gasteiger partial charge in [-0.1, -0.05) is 24.3 Å². The van der Waals surface area contributed by atoms with Crippen molar-refractivity contribution < 1.29 is 4.74 Å². The highest BCUT2D eigenvalue weighted by Gasteiger charge is 2.27. The van der Waals surface area contributed by atoms with E-state index in [0.717, 1.165) is 25.6 Å². The van der Waals surface area contributed by atoms with Crippen molar-refractivity contribution in [3.8, 4) is 0 Å². The van der Waals surface area contributed by atoms with Crippen molar-refractivity contribution in [1.82, 2.24) is 5.32 Å². The van der Waals surface area contributed by atoms with Gasteiger partial charge in [-0.05, 0) is 56.7 Å². The van der Waals surface area contributed by atoms with Crippen LogP contribution in [0.5, 0.6) is 0 Å². The highest BCUT2D eigenvalue weighted by atomic mass is 16.5. The van der Waals surface area contributed by atoms with Crippen molar-refractivity contribution in [2.75, 3.05) is 20.3 Å². The normalized spacial score (nSPS) is 19.1. The monoisotopic (exact) mass is 247 g/mol. The summed E-state index contributed by atoms with van der Waals surface area (Å²) in [6.45, 7) is 3.79. The lowest BCUT2D eigenvalue weighted by atomic mass is 9.74.